The van der Waals surface area contributed by atoms with Gasteiger partial charge < -0.3 is 5.11 Å². The zero-order valence-electron chi connectivity index (χ0n) is 9.01. The lowest BCUT2D eigenvalue weighted by Gasteiger charge is -2.21. The van der Waals surface area contributed by atoms with Crippen LogP contribution in [0.15, 0.2) is 17.5 Å². The van der Waals surface area contributed by atoms with Crippen LogP contribution in [0.2, 0.25) is 0 Å². The number of hydrazine groups is 1. The SMILES string of the molecule is CN(CC(=O)O)NC(=O)N(C)c1cccs1. The van der Waals surface area contributed by atoms with Crippen molar-refractivity contribution >= 4 is 28.3 Å². The first-order valence-electron chi connectivity index (χ1n) is 4.51. The van der Waals surface area contributed by atoms with E-state index in [9.17, 15) is 9.59 Å². The number of urea groups is 1. The van der Waals surface area contributed by atoms with Crippen LogP contribution in [-0.2, 0) is 4.79 Å². The summed E-state index contributed by atoms with van der Waals surface area (Å²) in [5, 5.41) is 12.4. The molecule has 0 saturated heterocycles. The standard InChI is InChI=1S/C9H13N3O3S/c1-11(6-8(13)14)10-9(15)12(2)7-4-3-5-16-7/h3-5H,6H2,1-2H3,(H,10,15)(H,13,14). The van der Waals surface area contributed by atoms with Crippen molar-refractivity contribution in [2.75, 3.05) is 25.5 Å². The van der Waals surface area contributed by atoms with E-state index in [1.165, 1.54) is 28.3 Å². The van der Waals surface area contributed by atoms with Crippen LogP contribution in [0.4, 0.5) is 9.80 Å². The van der Waals surface area contributed by atoms with Gasteiger partial charge in [-0.25, -0.2) is 9.80 Å². The molecule has 0 saturated carbocycles. The molecule has 1 aromatic heterocycles. The molecule has 1 aromatic rings. The quantitative estimate of drug-likeness (QED) is 0.768. The summed E-state index contributed by atoms with van der Waals surface area (Å²) in [6.45, 7) is -0.246. The molecule has 0 aliphatic heterocycles. The Morgan fingerprint density at radius 2 is 2.19 bits per heavy atom. The number of nitrogens with one attached hydrogen (secondary N) is 1. The molecule has 0 fully saturated rings. The van der Waals surface area contributed by atoms with Crippen molar-refractivity contribution in [3.63, 3.8) is 0 Å². The topological polar surface area (TPSA) is 72.9 Å². The lowest BCUT2D eigenvalue weighted by atomic mass is 10.6. The van der Waals surface area contributed by atoms with E-state index in [2.05, 4.69) is 5.43 Å². The Labute approximate surface area is 97.1 Å². The molecule has 0 unspecified atom stereocenters. The molecule has 1 heterocycles. The number of carboxylic acids is 1. The summed E-state index contributed by atoms with van der Waals surface area (Å²) in [4.78, 5) is 23.4. The van der Waals surface area contributed by atoms with Gasteiger partial charge in [0.2, 0.25) is 0 Å². The van der Waals surface area contributed by atoms with Crippen LogP contribution in [-0.4, -0.2) is 42.8 Å². The minimum absolute atomic E-state index is 0.246. The van der Waals surface area contributed by atoms with Crippen LogP contribution < -0.4 is 10.3 Å². The molecule has 0 atom stereocenters. The van der Waals surface area contributed by atoms with Gasteiger partial charge in [-0.15, -0.1) is 11.3 Å². The average Bonchev–Trinajstić information content (AvgIpc) is 2.67. The molecule has 6 nitrogen and oxygen atoms in total. The van der Waals surface area contributed by atoms with E-state index in [0.29, 0.717) is 0 Å². The van der Waals surface area contributed by atoms with Crippen molar-refractivity contribution in [2.24, 2.45) is 0 Å². The number of carboxylic acid groups (broad SMARTS) is 1. The second kappa shape index (κ2) is 5.47. The van der Waals surface area contributed by atoms with E-state index in [4.69, 9.17) is 5.11 Å². The third-order valence-electron chi connectivity index (χ3n) is 1.80. The first-order valence-corrected chi connectivity index (χ1v) is 5.39. The maximum absolute atomic E-state index is 11.6. The van der Waals surface area contributed by atoms with Crippen LogP contribution >= 0.6 is 11.3 Å². The summed E-state index contributed by atoms with van der Waals surface area (Å²) in [6.07, 6.45) is 0. The number of nitrogens with zero attached hydrogens (tertiary/aromatic N) is 2. The third-order valence-corrected chi connectivity index (χ3v) is 2.74. The highest BCUT2D eigenvalue weighted by atomic mass is 32.1. The Hall–Kier alpha value is -1.60. The molecule has 0 spiro atoms. The van der Waals surface area contributed by atoms with Gasteiger partial charge in [-0.2, -0.15) is 0 Å². The highest BCUT2D eigenvalue weighted by Gasteiger charge is 2.14. The summed E-state index contributed by atoms with van der Waals surface area (Å²) < 4.78 is 0. The maximum atomic E-state index is 11.6. The normalized spacial score (nSPS) is 10.2. The Morgan fingerprint density at radius 1 is 1.50 bits per heavy atom. The Bertz CT molecular complexity index is 366. The minimum Gasteiger partial charge on any atom is -0.480 e. The van der Waals surface area contributed by atoms with E-state index in [1.807, 2.05) is 11.4 Å². The van der Waals surface area contributed by atoms with E-state index in [-0.39, 0.29) is 12.6 Å². The first-order chi connectivity index (χ1) is 7.50. The zero-order chi connectivity index (χ0) is 12.1. The minimum atomic E-state index is -0.999. The summed E-state index contributed by atoms with van der Waals surface area (Å²) in [6, 6.07) is 3.28. The van der Waals surface area contributed by atoms with Gasteiger partial charge in [0.1, 0.15) is 6.54 Å². The number of carbonyl (C=O) groups is 2. The molecule has 2 N–H and O–H groups in total. The fourth-order valence-electron chi connectivity index (χ4n) is 1.04. The molecular formula is C9H13N3O3S. The second-order valence-electron chi connectivity index (χ2n) is 3.18. The van der Waals surface area contributed by atoms with Crippen molar-refractivity contribution in [3.8, 4) is 0 Å². The smallest absolute Gasteiger partial charge is 0.336 e. The average molecular weight is 243 g/mol. The highest BCUT2D eigenvalue weighted by molar-refractivity contribution is 7.14. The number of hydrogen-bond acceptors (Lipinski definition) is 4. The molecule has 16 heavy (non-hydrogen) atoms. The van der Waals surface area contributed by atoms with Crippen molar-refractivity contribution < 1.29 is 14.7 Å². The van der Waals surface area contributed by atoms with Gasteiger partial charge in [0.15, 0.2) is 0 Å². The van der Waals surface area contributed by atoms with Crippen molar-refractivity contribution in [1.29, 1.82) is 0 Å². The third kappa shape index (κ3) is 3.52. The van der Waals surface area contributed by atoms with E-state index < -0.39 is 5.97 Å². The number of likely N-dealkylation sites (N-methyl/N-ethyl adjacent to an activating group) is 1. The number of rotatable bonds is 4. The summed E-state index contributed by atoms with van der Waals surface area (Å²) in [7, 11) is 3.12. The van der Waals surface area contributed by atoms with Crippen LogP contribution in [0.1, 0.15) is 0 Å². The van der Waals surface area contributed by atoms with Crippen LogP contribution in [0.5, 0.6) is 0 Å². The second-order valence-corrected chi connectivity index (χ2v) is 4.10. The maximum Gasteiger partial charge on any atom is 0.336 e. The lowest BCUT2D eigenvalue weighted by Crippen LogP contribution is -2.47. The highest BCUT2D eigenvalue weighted by Crippen LogP contribution is 2.19. The van der Waals surface area contributed by atoms with Gasteiger partial charge in [-0.3, -0.25) is 15.1 Å². The molecule has 0 bridgehead atoms. The number of anilines is 1. The largest absolute Gasteiger partial charge is 0.480 e. The number of thiophene rings is 1. The van der Waals surface area contributed by atoms with Crippen LogP contribution in [0.3, 0.4) is 0 Å². The molecule has 0 radical (unpaired) electrons. The molecule has 0 aliphatic rings. The molecule has 0 aliphatic carbocycles. The van der Waals surface area contributed by atoms with Gasteiger partial charge in [0.25, 0.3) is 0 Å². The first kappa shape index (κ1) is 12.5. The molecule has 7 heteroatoms. The Morgan fingerprint density at radius 3 is 2.69 bits per heavy atom. The Kier molecular flexibility index (Phi) is 4.27. The number of carbonyl (C=O) groups excluding carboxylic acids is 1. The van der Waals surface area contributed by atoms with Gasteiger partial charge in [0, 0.05) is 14.1 Å². The summed E-state index contributed by atoms with van der Waals surface area (Å²) in [5.74, 6) is -0.999. The van der Waals surface area contributed by atoms with Crippen molar-refractivity contribution in [3.05, 3.63) is 17.5 Å². The van der Waals surface area contributed by atoms with Crippen molar-refractivity contribution in [2.45, 2.75) is 0 Å². The summed E-state index contributed by atoms with van der Waals surface area (Å²) in [5.41, 5.74) is 2.45. The number of aliphatic carboxylic acids is 1. The van der Waals surface area contributed by atoms with Gasteiger partial charge in [0.05, 0.1) is 5.00 Å². The molecule has 1 rings (SSSR count). The molecular weight excluding hydrogens is 230 g/mol. The molecule has 0 aromatic carbocycles. The van der Waals surface area contributed by atoms with E-state index >= 15 is 0 Å². The predicted octanol–water partition coefficient (Wildman–Crippen LogP) is 0.825. The lowest BCUT2D eigenvalue weighted by molar-refractivity contribution is -0.138. The van der Waals surface area contributed by atoms with Crippen LogP contribution in [0.25, 0.3) is 0 Å². The monoisotopic (exact) mass is 243 g/mol. The molecule has 2 amide bonds. The number of hydrogen-bond donors (Lipinski definition) is 2. The van der Waals surface area contributed by atoms with Crippen LogP contribution in [0, 0.1) is 0 Å². The zero-order valence-corrected chi connectivity index (χ0v) is 9.82. The van der Waals surface area contributed by atoms with Gasteiger partial charge >= 0.3 is 12.0 Å². The Balaban J connectivity index is 2.49. The fourth-order valence-corrected chi connectivity index (χ4v) is 1.74. The predicted molar refractivity (Wildman–Crippen MR) is 61.5 cm³/mol. The van der Waals surface area contributed by atoms with Crippen molar-refractivity contribution in [1.82, 2.24) is 10.4 Å². The van der Waals surface area contributed by atoms with Gasteiger partial charge in [-0.1, -0.05) is 0 Å². The van der Waals surface area contributed by atoms with E-state index in [1.54, 1.807) is 13.1 Å². The van der Waals surface area contributed by atoms with E-state index in [0.717, 1.165) is 5.00 Å². The fraction of sp³-hybridized carbons (Fsp3) is 0.333. The van der Waals surface area contributed by atoms with Gasteiger partial charge in [-0.05, 0) is 17.5 Å². The summed E-state index contributed by atoms with van der Waals surface area (Å²) >= 11 is 1.43. The molecule has 88 valence electrons. The number of amides is 2.